The van der Waals surface area contributed by atoms with Crippen molar-refractivity contribution in [3.8, 4) is 0 Å². The van der Waals surface area contributed by atoms with Crippen LogP contribution in [-0.4, -0.2) is 37.2 Å². The Kier molecular flexibility index (Phi) is 41.8. The molecule has 0 aliphatic carbocycles. The number of carbonyl (C=O) groups is 3. The van der Waals surface area contributed by atoms with E-state index in [0.717, 1.165) is 69.6 Å². The van der Waals surface area contributed by atoms with Crippen LogP contribution < -0.4 is 0 Å². The largest absolute Gasteiger partial charge is 0.462 e. The van der Waals surface area contributed by atoms with Crippen LogP contribution in [0.15, 0.2) is 0 Å². The van der Waals surface area contributed by atoms with Crippen LogP contribution >= 0.6 is 0 Å². The molecule has 0 saturated carbocycles. The van der Waals surface area contributed by atoms with E-state index in [1.54, 1.807) is 0 Å². The van der Waals surface area contributed by atoms with E-state index in [2.05, 4.69) is 34.6 Å². The van der Waals surface area contributed by atoms with E-state index in [9.17, 15) is 14.4 Å². The SMILES string of the molecule is CCCCCCCCCCCC(=O)O[C@H](COC(=O)CCCCCCCCCCCCCCCCCC(C)C)COC(=O)CCCCCCCCCCC(C)C. The molecule has 0 aromatic rings. The smallest absolute Gasteiger partial charge is 0.306 e. The molecule has 0 aromatic heterocycles. The molecule has 0 bridgehead atoms. The van der Waals surface area contributed by atoms with Crippen LogP contribution in [0, 0.1) is 11.8 Å². The molecule has 0 aliphatic rings. The topological polar surface area (TPSA) is 78.9 Å². The second-order valence-electron chi connectivity index (χ2n) is 18.1. The van der Waals surface area contributed by atoms with Gasteiger partial charge in [0.1, 0.15) is 13.2 Å². The fourth-order valence-electron chi connectivity index (χ4n) is 7.46. The van der Waals surface area contributed by atoms with Crippen molar-refractivity contribution < 1.29 is 28.6 Å². The molecule has 1 atom stereocenters. The molecule has 0 aromatic carbocycles. The number of esters is 3. The van der Waals surface area contributed by atoms with Crippen LogP contribution in [0.25, 0.3) is 0 Å². The van der Waals surface area contributed by atoms with Gasteiger partial charge in [0.2, 0.25) is 0 Å². The van der Waals surface area contributed by atoms with E-state index in [1.807, 2.05) is 0 Å². The summed E-state index contributed by atoms with van der Waals surface area (Å²) in [4.78, 5) is 37.8. The number of ether oxygens (including phenoxy) is 3. The zero-order valence-electron chi connectivity index (χ0n) is 38.3. The van der Waals surface area contributed by atoms with Gasteiger partial charge >= 0.3 is 17.9 Å². The summed E-state index contributed by atoms with van der Waals surface area (Å²) in [5.41, 5.74) is 0. The van der Waals surface area contributed by atoms with Gasteiger partial charge in [-0.2, -0.15) is 0 Å². The molecule has 0 amide bonds. The van der Waals surface area contributed by atoms with Crippen molar-refractivity contribution >= 4 is 17.9 Å². The maximum Gasteiger partial charge on any atom is 0.306 e. The molecular formula is C50H96O6. The first-order chi connectivity index (χ1) is 27.2. The lowest BCUT2D eigenvalue weighted by atomic mass is 10.0. The number of hydrogen-bond donors (Lipinski definition) is 0. The first kappa shape index (κ1) is 54.4. The number of rotatable bonds is 44. The van der Waals surface area contributed by atoms with Crippen LogP contribution in [0.2, 0.25) is 0 Å². The molecule has 0 saturated heterocycles. The van der Waals surface area contributed by atoms with Gasteiger partial charge in [-0.1, -0.05) is 234 Å². The van der Waals surface area contributed by atoms with Crippen LogP contribution in [-0.2, 0) is 28.6 Å². The van der Waals surface area contributed by atoms with Crippen molar-refractivity contribution in [2.24, 2.45) is 11.8 Å². The minimum atomic E-state index is -0.760. The molecule has 6 nitrogen and oxygen atoms in total. The molecule has 56 heavy (non-hydrogen) atoms. The van der Waals surface area contributed by atoms with Gasteiger partial charge in [-0.05, 0) is 31.1 Å². The Hall–Kier alpha value is -1.59. The highest BCUT2D eigenvalue weighted by atomic mass is 16.6. The summed E-state index contributed by atoms with van der Waals surface area (Å²) in [6, 6.07) is 0. The molecule has 0 spiro atoms. The molecule has 0 aliphatic heterocycles. The number of hydrogen-bond acceptors (Lipinski definition) is 6. The normalized spacial score (nSPS) is 12.1. The summed E-state index contributed by atoms with van der Waals surface area (Å²) >= 11 is 0. The Morgan fingerprint density at radius 2 is 0.589 bits per heavy atom. The number of unbranched alkanes of at least 4 members (excludes halogenated alkanes) is 29. The molecule has 0 fully saturated rings. The van der Waals surface area contributed by atoms with E-state index >= 15 is 0 Å². The van der Waals surface area contributed by atoms with E-state index in [4.69, 9.17) is 14.2 Å². The summed E-state index contributed by atoms with van der Waals surface area (Å²) in [7, 11) is 0. The summed E-state index contributed by atoms with van der Waals surface area (Å²) in [6.45, 7) is 11.3. The first-order valence-corrected chi connectivity index (χ1v) is 24.7. The van der Waals surface area contributed by atoms with E-state index in [0.29, 0.717) is 19.3 Å². The van der Waals surface area contributed by atoms with E-state index in [1.165, 1.54) is 161 Å². The Bertz CT molecular complexity index is 854. The van der Waals surface area contributed by atoms with Gasteiger partial charge in [0.05, 0.1) is 0 Å². The Morgan fingerprint density at radius 1 is 0.339 bits per heavy atom. The second kappa shape index (κ2) is 43.0. The molecule has 0 N–H and O–H groups in total. The predicted octanol–water partition coefficient (Wildman–Crippen LogP) is 15.8. The first-order valence-electron chi connectivity index (χ1n) is 24.7. The predicted molar refractivity (Wildman–Crippen MR) is 238 cm³/mol. The maximum absolute atomic E-state index is 12.7. The van der Waals surface area contributed by atoms with Gasteiger partial charge in [0.15, 0.2) is 6.10 Å². The number of carbonyl (C=O) groups excluding carboxylic acids is 3. The van der Waals surface area contributed by atoms with Gasteiger partial charge < -0.3 is 14.2 Å². The average molecular weight is 793 g/mol. The van der Waals surface area contributed by atoms with Gasteiger partial charge in [-0.3, -0.25) is 14.4 Å². The molecular weight excluding hydrogens is 697 g/mol. The third-order valence-electron chi connectivity index (χ3n) is 11.2. The van der Waals surface area contributed by atoms with Gasteiger partial charge in [0.25, 0.3) is 0 Å². The van der Waals surface area contributed by atoms with Crippen molar-refractivity contribution in [1.29, 1.82) is 0 Å². The summed E-state index contributed by atoms with van der Waals surface area (Å²) in [5.74, 6) is 0.790. The average Bonchev–Trinajstić information content (AvgIpc) is 3.16. The van der Waals surface area contributed by atoms with Gasteiger partial charge in [-0.25, -0.2) is 0 Å². The molecule has 332 valence electrons. The molecule has 0 unspecified atom stereocenters. The minimum absolute atomic E-state index is 0.0644. The summed E-state index contributed by atoms with van der Waals surface area (Å²) < 4.78 is 16.7. The zero-order valence-corrected chi connectivity index (χ0v) is 38.3. The Balaban J connectivity index is 4.22. The van der Waals surface area contributed by atoms with Crippen LogP contribution in [0.5, 0.6) is 0 Å². The van der Waals surface area contributed by atoms with Crippen molar-refractivity contribution in [2.75, 3.05) is 13.2 Å². The van der Waals surface area contributed by atoms with Crippen LogP contribution in [0.4, 0.5) is 0 Å². The van der Waals surface area contributed by atoms with E-state index < -0.39 is 6.10 Å². The molecule has 0 radical (unpaired) electrons. The monoisotopic (exact) mass is 793 g/mol. The lowest BCUT2D eigenvalue weighted by molar-refractivity contribution is -0.167. The van der Waals surface area contributed by atoms with Crippen LogP contribution in [0.1, 0.15) is 272 Å². The van der Waals surface area contributed by atoms with Crippen molar-refractivity contribution in [3.63, 3.8) is 0 Å². The van der Waals surface area contributed by atoms with Crippen molar-refractivity contribution in [2.45, 2.75) is 278 Å². The van der Waals surface area contributed by atoms with Gasteiger partial charge in [-0.15, -0.1) is 0 Å². The summed E-state index contributed by atoms with van der Waals surface area (Å²) in [5, 5.41) is 0. The fraction of sp³-hybridized carbons (Fsp3) is 0.940. The quantitative estimate of drug-likeness (QED) is 0.0347. The zero-order chi connectivity index (χ0) is 41.2. The van der Waals surface area contributed by atoms with Crippen LogP contribution in [0.3, 0.4) is 0 Å². The maximum atomic E-state index is 12.7. The highest BCUT2D eigenvalue weighted by Gasteiger charge is 2.19. The van der Waals surface area contributed by atoms with E-state index in [-0.39, 0.29) is 31.1 Å². The lowest BCUT2D eigenvalue weighted by Crippen LogP contribution is -2.30. The standard InChI is InChI=1S/C50H96O6/c1-6-7-8-9-10-18-27-32-37-42-50(53)56-47(44-55-49(52)41-36-31-26-22-21-24-29-34-39-46(4)5)43-54-48(51)40-35-30-25-20-17-15-13-11-12-14-16-19-23-28-33-38-45(2)3/h45-47H,6-44H2,1-5H3/t47-/m1/s1. The highest BCUT2D eigenvalue weighted by Crippen LogP contribution is 2.17. The Morgan fingerprint density at radius 3 is 0.875 bits per heavy atom. The third-order valence-corrected chi connectivity index (χ3v) is 11.2. The summed E-state index contributed by atoms with van der Waals surface area (Å²) in [6.07, 6.45) is 42.4. The molecule has 0 heterocycles. The second-order valence-corrected chi connectivity index (χ2v) is 18.1. The Labute approximate surface area is 348 Å². The lowest BCUT2D eigenvalue weighted by Gasteiger charge is -2.18. The fourth-order valence-corrected chi connectivity index (χ4v) is 7.46. The third kappa shape index (κ3) is 43.5. The minimum Gasteiger partial charge on any atom is -0.462 e. The van der Waals surface area contributed by atoms with Gasteiger partial charge in [0, 0.05) is 19.3 Å². The van der Waals surface area contributed by atoms with Crippen molar-refractivity contribution in [3.05, 3.63) is 0 Å². The van der Waals surface area contributed by atoms with Crippen molar-refractivity contribution in [1.82, 2.24) is 0 Å². The molecule has 6 heteroatoms. The molecule has 0 rings (SSSR count). The highest BCUT2D eigenvalue weighted by molar-refractivity contribution is 5.71.